The van der Waals surface area contributed by atoms with E-state index < -0.39 is 5.60 Å². The van der Waals surface area contributed by atoms with Gasteiger partial charge in [0.1, 0.15) is 11.4 Å². The number of aliphatic hydroxyl groups is 1. The fraction of sp³-hybridized carbons (Fsp3) is 0.250. The molecule has 1 atom stereocenters. The van der Waals surface area contributed by atoms with Gasteiger partial charge in [0.2, 0.25) is 5.91 Å². The average molecular weight is 386 g/mol. The maximum absolute atomic E-state index is 12.3. The molecule has 3 aromatic rings. The van der Waals surface area contributed by atoms with Crippen LogP contribution < -0.4 is 9.64 Å². The van der Waals surface area contributed by atoms with Crippen LogP contribution in [-0.2, 0) is 23.2 Å². The zero-order chi connectivity index (χ0) is 20.0. The lowest BCUT2D eigenvalue weighted by Crippen LogP contribution is -2.33. The first-order chi connectivity index (χ1) is 14.1. The van der Waals surface area contributed by atoms with Crippen molar-refractivity contribution >= 4 is 11.6 Å². The molecule has 2 aromatic carbocycles. The molecule has 0 aliphatic carbocycles. The number of benzene rings is 2. The summed E-state index contributed by atoms with van der Waals surface area (Å²) >= 11 is 0. The summed E-state index contributed by atoms with van der Waals surface area (Å²) in [5, 5.41) is 12.1. The second kappa shape index (κ2) is 6.71. The summed E-state index contributed by atoms with van der Waals surface area (Å²) in [5.41, 5.74) is 4.33. The van der Waals surface area contributed by atoms with Gasteiger partial charge in [0.15, 0.2) is 0 Å². The van der Waals surface area contributed by atoms with Crippen molar-refractivity contribution in [1.29, 1.82) is 0 Å². The Morgan fingerprint density at radius 2 is 1.59 bits per heavy atom. The summed E-state index contributed by atoms with van der Waals surface area (Å²) in [6, 6.07) is 15.3. The minimum atomic E-state index is -1.32. The highest BCUT2D eigenvalue weighted by Crippen LogP contribution is 2.43. The molecular formula is C24H22N2O3. The molecule has 0 saturated carbocycles. The molecule has 1 amide bonds. The van der Waals surface area contributed by atoms with Gasteiger partial charge in [0.25, 0.3) is 0 Å². The van der Waals surface area contributed by atoms with Crippen LogP contribution in [0.2, 0.25) is 0 Å². The largest absolute Gasteiger partial charge is 0.497 e. The van der Waals surface area contributed by atoms with Crippen LogP contribution in [0.3, 0.4) is 0 Å². The molecule has 1 unspecified atom stereocenters. The number of carbonyl (C=O) groups excluding carboxylic acids is 1. The molecule has 0 spiro atoms. The number of carbonyl (C=O) groups is 1. The van der Waals surface area contributed by atoms with Gasteiger partial charge in [-0.05, 0) is 64.9 Å². The monoisotopic (exact) mass is 386 g/mol. The van der Waals surface area contributed by atoms with Gasteiger partial charge in [0.05, 0.1) is 12.8 Å². The Kier molecular flexibility index (Phi) is 4.14. The number of pyridine rings is 1. The van der Waals surface area contributed by atoms with Gasteiger partial charge in [-0.15, -0.1) is 0 Å². The maximum Gasteiger partial charge on any atom is 0.227 e. The smallest absolute Gasteiger partial charge is 0.227 e. The highest BCUT2D eigenvalue weighted by Gasteiger charge is 2.38. The SMILES string of the molecule is COc1ccc(C(O)(c2ccncc2)c2cc3c4c(c2)CCN4C(=O)CC3)cc1. The van der Waals surface area contributed by atoms with Crippen LogP contribution in [0.15, 0.2) is 60.9 Å². The third-order valence-corrected chi connectivity index (χ3v) is 6.08. The molecular weight excluding hydrogens is 364 g/mol. The summed E-state index contributed by atoms with van der Waals surface area (Å²) in [5.74, 6) is 0.938. The highest BCUT2D eigenvalue weighted by atomic mass is 16.5. The molecule has 2 aliphatic heterocycles. The van der Waals surface area contributed by atoms with Crippen molar-refractivity contribution in [1.82, 2.24) is 4.98 Å². The number of amides is 1. The van der Waals surface area contributed by atoms with Crippen molar-refractivity contribution < 1.29 is 14.6 Å². The zero-order valence-electron chi connectivity index (χ0n) is 16.3. The van der Waals surface area contributed by atoms with E-state index in [0.29, 0.717) is 12.8 Å². The van der Waals surface area contributed by atoms with Crippen LogP contribution in [0.25, 0.3) is 0 Å². The molecule has 3 heterocycles. The lowest BCUT2D eigenvalue weighted by molar-refractivity contribution is -0.118. The predicted molar refractivity (Wildman–Crippen MR) is 110 cm³/mol. The summed E-state index contributed by atoms with van der Waals surface area (Å²) in [4.78, 5) is 18.3. The number of anilines is 1. The number of rotatable bonds is 4. The molecule has 0 radical (unpaired) electrons. The van der Waals surface area contributed by atoms with E-state index in [4.69, 9.17) is 4.74 Å². The van der Waals surface area contributed by atoms with Gasteiger partial charge in [-0.25, -0.2) is 0 Å². The van der Waals surface area contributed by atoms with Gasteiger partial charge in [-0.3, -0.25) is 9.78 Å². The number of hydrogen-bond acceptors (Lipinski definition) is 4. The highest BCUT2D eigenvalue weighted by molar-refractivity contribution is 5.98. The molecule has 146 valence electrons. The standard InChI is InChI=1S/C24H22N2O3/c1-29-21-5-3-18(4-6-21)24(28,19-8-11-25-12-9-19)20-14-16-2-7-22(27)26-13-10-17(15-20)23(16)26/h3-6,8-9,11-12,14-15,28H,2,7,10,13H2,1H3. The number of methoxy groups -OCH3 is 1. The number of aromatic nitrogens is 1. The van der Waals surface area contributed by atoms with Crippen LogP contribution in [0.4, 0.5) is 5.69 Å². The van der Waals surface area contributed by atoms with E-state index in [9.17, 15) is 9.90 Å². The first-order valence-electron chi connectivity index (χ1n) is 9.85. The predicted octanol–water partition coefficient (Wildman–Crippen LogP) is 3.21. The van der Waals surface area contributed by atoms with Crippen molar-refractivity contribution in [2.75, 3.05) is 18.6 Å². The van der Waals surface area contributed by atoms with Crippen molar-refractivity contribution in [3.05, 3.63) is 88.7 Å². The van der Waals surface area contributed by atoms with Crippen LogP contribution in [-0.4, -0.2) is 29.7 Å². The normalized spacial score (nSPS) is 17.0. The van der Waals surface area contributed by atoms with E-state index >= 15 is 0 Å². The van der Waals surface area contributed by atoms with E-state index in [1.54, 1.807) is 19.5 Å². The first-order valence-corrected chi connectivity index (χ1v) is 9.85. The molecule has 0 saturated heterocycles. The van der Waals surface area contributed by atoms with Crippen molar-refractivity contribution in [2.45, 2.75) is 24.9 Å². The summed E-state index contributed by atoms with van der Waals surface area (Å²) in [7, 11) is 1.63. The van der Waals surface area contributed by atoms with E-state index in [0.717, 1.165) is 52.2 Å². The van der Waals surface area contributed by atoms with Crippen LogP contribution in [0.5, 0.6) is 5.75 Å². The molecule has 29 heavy (non-hydrogen) atoms. The zero-order valence-corrected chi connectivity index (χ0v) is 16.3. The van der Waals surface area contributed by atoms with Crippen LogP contribution in [0.1, 0.15) is 34.2 Å². The Bertz CT molecular complexity index is 1080. The number of nitrogens with zero attached hydrogens (tertiary/aromatic N) is 2. The summed E-state index contributed by atoms with van der Waals surface area (Å²) < 4.78 is 5.29. The molecule has 5 rings (SSSR count). The Labute approximate surface area is 169 Å². The average Bonchev–Trinajstić information content (AvgIpc) is 3.22. The third kappa shape index (κ3) is 2.73. The Hall–Kier alpha value is -3.18. The number of hydrogen-bond donors (Lipinski definition) is 1. The van der Waals surface area contributed by atoms with Gasteiger partial charge in [-0.1, -0.05) is 24.3 Å². The van der Waals surface area contributed by atoms with Gasteiger partial charge in [-0.2, -0.15) is 0 Å². The Balaban J connectivity index is 1.71. The van der Waals surface area contributed by atoms with Crippen LogP contribution in [0, 0.1) is 0 Å². The van der Waals surface area contributed by atoms with E-state index in [1.807, 2.05) is 41.3 Å². The molecule has 0 bridgehead atoms. The van der Waals surface area contributed by atoms with Gasteiger partial charge in [0, 0.05) is 25.4 Å². The number of ether oxygens (including phenoxy) is 1. The van der Waals surface area contributed by atoms with Crippen LogP contribution >= 0.6 is 0 Å². The quantitative estimate of drug-likeness (QED) is 0.748. The number of aryl methyl sites for hydroxylation is 1. The van der Waals surface area contributed by atoms with Crippen molar-refractivity contribution in [3.8, 4) is 5.75 Å². The van der Waals surface area contributed by atoms with Gasteiger partial charge >= 0.3 is 0 Å². The minimum Gasteiger partial charge on any atom is -0.497 e. The van der Waals surface area contributed by atoms with Gasteiger partial charge < -0.3 is 14.7 Å². The van der Waals surface area contributed by atoms with E-state index in [2.05, 4.69) is 17.1 Å². The molecule has 5 nitrogen and oxygen atoms in total. The Morgan fingerprint density at radius 1 is 0.931 bits per heavy atom. The fourth-order valence-corrected chi connectivity index (χ4v) is 4.59. The summed E-state index contributed by atoms with van der Waals surface area (Å²) in [6.45, 7) is 0.723. The second-order valence-corrected chi connectivity index (χ2v) is 7.61. The lowest BCUT2D eigenvalue weighted by Gasteiger charge is -2.32. The summed E-state index contributed by atoms with van der Waals surface area (Å²) in [6.07, 6.45) is 5.44. The minimum absolute atomic E-state index is 0.198. The first kappa shape index (κ1) is 17.9. The van der Waals surface area contributed by atoms with E-state index in [1.165, 1.54) is 0 Å². The van der Waals surface area contributed by atoms with E-state index in [-0.39, 0.29) is 5.91 Å². The molecule has 0 fully saturated rings. The molecule has 1 N–H and O–H groups in total. The topological polar surface area (TPSA) is 62.7 Å². The lowest BCUT2D eigenvalue weighted by atomic mass is 9.79. The maximum atomic E-state index is 12.3. The molecule has 1 aromatic heterocycles. The van der Waals surface area contributed by atoms with Crippen molar-refractivity contribution in [3.63, 3.8) is 0 Å². The Morgan fingerprint density at radius 3 is 2.28 bits per heavy atom. The second-order valence-electron chi connectivity index (χ2n) is 7.61. The molecule has 2 aliphatic rings. The van der Waals surface area contributed by atoms with Crippen molar-refractivity contribution in [2.24, 2.45) is 0 Å². The third-order valence-electron chi connectivity index (χ3n) is 6.08. The molecule has 5 heteroatoms. The fourth-order valence-electron chi connectivity index (χ4n) is 4.59.